The number of benzene rings is 2. The van der Waals surface area contributed by atoms with E-state index in [0.29, 0.717) is 6.07 Å². The standard InChI is InChI=1S/C22H23F2N3O5S2/c1-5-32-19(28)12-27-20-17(24)10-15(23)11-18(20)33-22(27)25-21(29)14-6-8-16(9-7-14)34(30,31)26(4)13(2)3/h6-11,13H,5,12H2,1-4H3. The van der Waals surface area contributed by atoms with E-state index >= 15 is 0 Å². The van der Waals surface area contributed by atoms with Crippen LogP contribution in [0.5, 0.6) is 0 Å². The minimum atomic E-state index is -3.73. The highest BCUT2D eigenvalue weighted by atomic mass is 32.2. The fourth-order valence-electron chi connectivity index (χ4n) is 3.06. The number of carbonyl (C=O) groups is 2. The molecule has 1 aromatic heterocycles. The van der Waals surface area contributed by atoms with E-state index in [2.05, 4.69) is 4.99 Å². The summed E-state index contributed by atoms with van der Waals surface area (Å²) in [5.41, 5.74) is 0.00195. The molecule has 0 spiro atoms. The Morgan fingerprint density at radius 3 is 2.41 bits per heavy atom. The van der Waals surface area contributed by atoms with Crippen LogP contribution in [-0.2, 0) is 26.1 Å². The molecule has 12 heteroatoms. The second kappa shape index (κ2) is 10.1. The van der Waals surface area contributed by atoms with Gasteiger partial charge in [-0.3, -0.25) is 9.59 Å². The molecule has 1 amide bonds. The summed E-state index contributed by atoms with van der Waals surface area (Å²) in [4.78, 5) is 28.8. The summed E-state index contributed by atoms with van der Waals surface area (Å²) in [6.45, 7) is 4.76. The van der Waals surface area contributed by atoms with Gasteiger partial charge in [-0.1, -0.05) is 11.3 Å². The number of fused-ring (bicyclic) bond motifs is 1. The van der Waals surface area contributed by atoms with Crippen LogP contribution in [0.25, 0.3) is 10.2 Å². The summed E-state index contributed by atoms with van der Waals surface area (Å²) >= 11 is 0.835. The van der Waals surface area contributed by atoms with Gasteiger partial charge in [-0.25, -0.2) is 17.2 Å². The Morgan fingerprint density at radius 1 is 1.18 bits per heavy atom. The fraction of sp³-hybridized carbons (Fsp3) is 0.318. The molecular weight excluding hydrogens is 488 g/mol. The first-order valence-corrected chi connectivity index (χ1v) is 12.5. The van der Waals surface area contributed by atoms with Gasteiger partial charge in [0.25, 0.3) is 5.91 Å². The number of sulfonamides is 1. The molecule has 2 aromatic carbocycles. The molecule has 8 nitrogen and oxygen atoms in total. The van der Waals surface area contributed by atoms with Gasteiger partial charge in [-0.2, -0.15) is 9.30 Å². The lowest BCUT2D eigenvalue weighted by Gasteiger charge is -2.20. The van der Waals surface area contributed by atoms with E-state index in [1.54, 1.807) is 20.8 Å². The zero-order chi connectivity index (χ0) is 25.2. The van der Waals surface area contributed by atoms with Crippen molar-refractivity contribution in [3.05, 3.63) is 58.4 Å². The number of rotatable bonds is 7. The van der Waals surface area contributed by atoms with Crippen molar-refractivity contribution in [3.8, 4) is 0 Å². The van der Waals surface area contributed by atoms with Crippen LogP contribution in [-0.4, -0.2) is 48.9 Å². The van der Waals surface area contributed by atoms with Crippen LogP contribution in [0.4, 0.5) is 8.78 Å². The summed E-state index contributed by atoms with van der Waals surface area (Å²) < 4.78 is 60.9. The van der Waals surface area contributed by atoms with Crippen molar-refractivity contribution in [1.29, 1.82) is 0 Å². The molecule has 0 fully saturated rings. The van der Waals surface area contributed by atoms with Gasteiger partial charge in [-0.05, 0) is 51.1 Å². The topological polar surface area (TPSA) is 98.0 Å². The Bertz CT molecular complexity index is 1410. The zero-order valence-electron chi connectivity index (χ0n) is 18.9. The van der Waals surface area contributed by atoms with Crippen LogP contribution in [0.15, 0.2) is 46.3 Å². The molecule has 0 aliphatic rings. The molecule has 182 valence electrons. The van der Waals surface area contributed by atoms with Crippen molar-refractivity contribution in [3.63, 3.8) is 0 Å². The number of ether oxygens (including phenoxy) is 1. The molecule has 0 saturated carbocycles. The molecule has 0 radical (unpaired) electrons. The van der Waals surface area contributed by atoms with Crippen LogP contribution in [0.2, 0.25) is 0 Å². The summed E-state index contributed by atoms with van der Waals surface area (Å²) in [7, 11) is -2.27. The van der Waals surface area contributed by atoms with Crippen molar-refractivity contribution in [1.82, 2.24) is 8.87 Å². The molecule has 34 heavy (non-hydrogen) atoms. The van der Waals surface area contributed by atoms with E-state index in [0.717, 1.165) is 22.0 Å². The molecule has 3 aromatic rings. The predicted octanol–water partition coefficient (Wildman–Crippen LogP) is 3.31. The van der Waals surface area contributed by atoms with Crippen molar-refractivity contribution < 1.29 is 31.5 Å². The lowest BCUT2D eigenvalue weighted by molar-refractivity contribution is -0.143. The van der Waals surface area contributed by atoms with Crippen LogP contribution >= 0.6 is 11.3 Å². The SMILES string of the molecule is CCOC(=O)Cn1c(=NC(=O)c2ccc(S(=O)(=O)N(C)C(C)C)cc2)sc2cc(F)cc(F)c21. The van der Waals surface area contributed by atoms with Crippen molar-refractivity contribution in [2.75, 3.05) is 13.7 Å². The Morgan fingerprint density at radius 2 is 1.82 bits per heavy atom. The van der Waals surface area contributed by atoms with Crippen LogP contribution < -0.4 is 4.80 Å². The van der Waals surface area contributed by atoms with Gasteiger partial charge in [0.1, 0.15) is 12.4 Å². The monoisotopic (exact) mass is 511 g/mol. The molecular formula is C22H23F2N3O5S2. The van der Waals surface area contributed by atoms with E-state index in [1.807, 2.05) is 0 Å². The van der Waals surface area contributed by atoms with Crippen LogP contribution in [0.1, 0.15) is 31.1 Å². The minimum absolute atomic E-state index is 0.0111. The number of hydrogen-bond acceptors (Lipinski definition) is 6. The van der Waals surface area contributed by atoms with E-state index in [1.165, 1.54) is 35.6 Å². The molecule has 0 atom stereocenters. The van der Waals surface area contributed by atoms with Gasteiger partial charge in [0.2, 0.25) is 10.0 Å². The highest BCUT2D eigenvalue weighted by molar-refractivity contribution is 7.89. The number of carbonyl (C=O) groups excluding carboxylic acids is 2. The lowest BCUT2D eigenvalue weighted by atomic mass is 10.2. The highest BCUT2D eigenvalue weighted by Crippen LogP contribution is 2.23. The number of amides is 1. The first kappa shape index (κ1) is 25.7. The Hall–Kier alpha value is -2.96. The van der Waals surface area contributed by atoms with Crippen LogP contribution in [0, 0.1) is 11.6 Å². The minimum Gasteiger partial charge on any atom is -0.465 e. The molecule has 0 bridgehead atoms. The maximum absolute atomic E-state index is 14.5. The molecule has 3 rings (SSSR count). The number of halogens is 2. The third kappa shape index (κ3) is 5.24. The number of esters is 1. The average molecular weight is 512 g/mol. The number of thiazole rings is 1. The zero-order valence-corrected chi connectivity index (χ0v) is 20.5. The normalized spacial score (nSPS) is 12.6. The maximum Gasteiger partial charge on any atom is 0.326 e. The highest BCUT2D eigenvalue weighted by Gasteiger charge is 2.23. The molecule has 0 saturated heterocycles. The number of hydrogen-bond donors (Lipinski definition) is 0. The van der Waals surface area contributed by atoms with Gasteiger partial charge in [0.15, 0.2) is 10.6 Å². The van der Waals surface area contributed by atoms with E-state index in [4.69, 9.17) is 4.74 Å². The smallest absolute Gasteiger partial charge is 0.326 e. The Labute approximate surface area is 199 Å². The molecule has 0 aliphatic carbocycles. The average Bonchev–Trinajstić information content (AvgIpc) is 3.09. The summed E-state index contributed by atoms with van der Waals surface area (Å²) in [5, 5.41) is 0. The Kier molecular flexibility index (Phi) is 7.64. The first-order valence-electron chi connectivity index (χ1n) is 10.3. The second-order valence-electron chi connectivity index (χ2n) is 7.57. The molecule has 0 unspecified atom stereocenters. The van der Waals surface area contributed by atoms with Gasteiger partial charge < -0.3 is 9.30 Å². The summed E-state index contributed by atoms with van der Waals surface area (Å²) in [6.07, 6.45) is 0. The summed E-state index contributed by atoms with van der Waals surface area (Å²) in [5.74, 6) is -3.14. The maximum atomic E-state index is 14.5. The van der Waals surface area contributed by atoms with Crippen molar-refractivity contribution >= 4 is 43.5 Å². The van der Waals surface area contributed by atoms with Gasteiger partial charge in [-0.15, -0.1) is 0 Å². The Balaban J connectivity index is 2.04. The van der Waals surface area contributed by atoms with Gasteiger partial charge in [0, 0.05) is 24.7 Å². The van der Waals surface area contributed by atoms with Crippen molar-refractivity contribution in [2.24, 2.45) is 4.99 Å². The second-order valence-corrected chi connectivity index (χ2v) is 10.6. The third-order valence-corrected chi connectivity index (χ3v) is 8.06. The van der Waals surface area contributed by atoms with E-state index < -0.39 is 40.1 Å². The fourth-order valence-corrected chi connectivity index (χ4v) is 5.50. The van der Waals surface area contributed by atoms with Crippen molar-refractivity contribution in [2.45, 2.75) is 38.3 Å². The first-order chi connectivity index (χ1) is 15.9. The van der Waals surface area contributed by atoms with Gasteiger partial charge in [0.05, 0.1) is 21.7 Å². The lowest BCUT2D eigenvalue weighted by Crippen LogP contribution is -2.33. The summed E-state index contributed by atoms with van der Waals surface area (Å²) in [6, 6.07) is 6.73. The molecule has 0 aliphatic heterocycles. The number of nitrogens with zero attached hydrogens (tertiary/aromatic N) is 3. The van der Waals surface area contributed by atoms with E-state index in [9.17, 15) is 26.8 Å². The van der Waals surface area contributed by atoms with Gasteiger partial charge >= 0.3 is 5.97 Å². The molecule has 0 N–H and O–H groups in total. The van der Waals surface area contributed by atoms with Crippen LogP contribution in [0.3, 0.4) is 0 Å². The third-order valence-electron chi connectivity index (χ3n) is 4.99. The largest absolute Gasteiger partial charge is 0.465 e. The van der Waals surface area contributed by atoms with E-state index in [-0.39, 0.29) is 38.1 Å². The quantitative estimate of drug-likeness (QED) is 0.454. The molecule has 1 heterocycles. The number of aromatic nitrogens is 1. The predicted molar refractivity (Wildman–Crippen MR) is 123 cm³/mol.